The van der Waals surface area contributed by atoms with Gasteiger partial charge in [-0.1, -0.05) is 30.3 Å². The van der Waals surface area contributed by atoms with E-state index in [0.29, 0.717) is 6.04 Å². The number of pyridine rings is 1. The molecule has 0 amide bonds. The van der Waals surface area contributed by atoms with Crippen LogP contribution in [-0.4, -0.2) is 11.2 Å². The van der Waals surface area contributed by atoms with E-state index in [1.165, 1.54) is 11.1 Å². The average molecular weight is 222 g/mol. The molecule has 0 saturated heterocycles. The largest absolute Gasteiger partial charge is 0.283 e. The quantitative estimate of drug-likeness (QED) is 0.716. The molecule has 0 unspecified atom stereocenters. The molecule has 0 radical (unpaired) electrons. The van der Waals surface area contributed by atoms with Gasteiger partial charge in [-0.2, -0.15) is 0 Å². The fourth-order valence-electron chi connectivity index (χ4n) is 2.31. The van der Waals surface area contributed by atoms with Crippen LogP contribution in [0.5, 0.6) is 0 Å². The van der Waals surface area contributed by atoms with Gasteiger partial charge in [-0.15, -0.1) is 0 Å². The summed E-state index contributed by atoms with van der Waals surface area (Å²) in [7, 11) is 0. The minimum atomic E-state index is 0.313. The van der Waals surface area contributed by atoms with Crippen molar-refractivity contribution in [3.63, 3.8) is 0 Å². The molecule has 1 aliphatic carbocycles. The summed E-state index contributed by atoms with van der Waals surface area (Å²) in [5, 5.41) is 0. The van der Waals surface area contributed by atoms with Crippen molar-refractivity contribution in [2.75, 3.05) is 0 Å². The molecule has 0 spiro atoms. The zero-order chi connectivity index (χ0) is 11.5. The van der Waals surface area contributed by atoms with Crippen molar-refractivity contribution < 1.29 is 0 Å². The molecule has 1 aromatic heterocycles. The Morgan fingerprint density at radius 1 is 1.12 bits per heavy atom. The molecule has 0 bridgehead atoms. The van der Waals surface area contributed by atoms with Gasteiger partial charge in [0.15, 0.2) is 0 Å². The minimum absolute atomic E-state index is 0.313. The predicted octanol–water partition coefficient (Wildman–Crippen LogP) is 3.19. The maximum absolute atomic E-state index is 4.65. The van der Waals surface area contributed by atoms with Crippen molar-refractivity contribution in [3.8, 4) is 0 Å². The monoisotopic (exact) mass is 222 g/mol. The lowest BCUT2D eigenvalue weighted by Crippen LogP contribution is -1.92. The number of rotatable bonds is 2. The maximum Gasteiger partial charge on any atom is 0.0808 e. The number of benzene rings is 1. The van der Waals surface area contributed by atoms with Gasteiger partial charge in [0.2, 0.25) is 0 Å². The second kappa shape index (κ2) is 4.50. The molecule has 1 aromatic carbocycles. The molecule has 2 aromatic rings. The summed E-state index contributed by atoms with van der Waals surface area (Å²) in [4.78, 5) is 8.89. The van der Waals surface area contributed by atoms with E-state index in [4.69, 9.17) is 0 Å². The second-order valence-electron chi connectivity index (χ2n) is 4.29. The smallest absolute Gasteiger partial charge is 0.0808 e. The Morgan fingerprint density at radius 2 is 2.00 bits per heavy atom. The van der Waals surface area contributed by atoms with Crippen LogP contribution < -0.4 is 0 Å². The van der Waals surface area contributed by atoms with E-state index in [2.05, 4.69) is 34.2 Å². The van der Waals surface area contributed by atoms with Crippen molar-refractivity contribution >= 4 is 6.21 Å². The molecule has 1 aliphatic rings. The van der Waals surface area contributed by atoms with Gasteiger partial charge >= 0.3 is 0 Å². The summed E-state index contributed by atoms with van der Waals surface area (Å²) in [6, 6.07) is 14.8. The van der Waals surface area contributed by atoms with E-state index in [9.17, 15) is 0 Å². The van der Waals surface area contributed by atoms with E-state index in [-0.39, 0.29) is 0 Å². The standard InChI is InChI=1S/C15H14N2/c1-2-7-14-12(5-1)8-9-15(14)17-11-13-6-3-4-10-16-13/h1-7,10-11,15H,8-9H2/t15-/m0/s1. The van der Waals surface area contributed by atoms with Crippen LogP contribution in [0.2, 0.25) is 0 Å². The Kier molecular flexibility index (Phi) is 2.70. The Hall–Kier alpha value is -1.96. The van der Waals surface area contributed by atoms with Gasteiger partial charge in [0, 0.05) is 12.4 Å². The highest BCUT2D eigenvalue weighted by molar-refractivity contribution is 5.77. The van der Waals surface area contributed by atoms with Gasteiger partial charge in [0.1, 0.15) is 0 Å². The van der Waals surface area contributed by atoms with Crippen LogP contribution >= 0.6 is 0 Å². The number of aliphatic imine (C=N–C) groups is 1. The molecule has 84 valence electrons. The Bertz CT molecular complexity index is 532. The third-order valence-corrected chi connectivity index (χ3v) is 3.18. The lowest BCUT2D eigenvalue weighted by Gasteiger charge is -2.04. The highest BCUT2D eigenvalue weighted by Gasteiger charge is 2.20. The zero-order valence-electron chi connectivity index (χ0n) is 9.58. The fraction of sp³-hybridized carbons (Fsp3) is 0.200. The number of hydrogen-bond acceptors (Lipinski definition) is 2. The molecule has 2 heteroatoms. The van der Waals surface area contributed by atoms with Crippen molar-refractivity contribution in [1.82, 2.24) is 4.98 Å². The number of hydrogen-bond donors (Lipinski definition) is 0. The molecule has 0 fully saturated rings. The van der Waals surface area contributed by atoms with Crippen LogP contribution in [0, 0.1) is 0 Å². The lowest BCUT2D eigenvalue weighted by atomic mass is 10.1. The normalized spacial score (nSPS) is 18.5. The average Bonchev–Trinajstić information content (AvgIpc) is 2.81. The fourth-order valence-corrected chi connectivity index (χ4v) is 2.31. The van der Waals surface area contributed by atoms with Crippen molar-refractivity contribution in [3.05, 3.63) is 65.5 Å². The summed E-state index contributed by atoms with van der Waals surface area (Å²) >= 11 is 0. The lowest BCUT2D eigenvalue weighted by molar-refractivity contribution is 0.719. The summed E-state index contributed by atoms with van der Waals surface area (Å²) in [6.07, 6.45) is 5.93. The van der Waals surface area contributed by atoms with E-state index in [0.717, 1.165) is 18.5 Å². The Balaban J connectivity index is 1.82. The Morgan fingerprint density at radius 3 is 2.88 bits per heavy atom. The summed E-state index contributed by atoms with van der Waals surface area (Å²) in [6.45, 7) is 0. The SMILES string of the molecule is C(=N[C@H]1CCc2ccccc21)c1ccccn1. The van der Waals surface area contributed by atoms with Crippen LogP contribution in [0.15, 0.2) is 53.7 Å². The number of fused-ring (bicyclic) bond motifs is 1. The number of nitrogens with zero attached hydrogens (tertiary/aromatic N) is 2. The van der Waals surface area contributed by atoms with Crippen LogP contribution in [-0.2, 0) is 6.42 Å². The Labute approximate surface area is 101 Å². The van der Waals surface area contributed by atoms with Gasteiger partial charge in [-0.05, 0) is 36.1 Å². The predicted molar refractivity (Wildman–Crippen MR) is 69.3 cm³/mol. The molecular weight excluding hydrogens is 208 g/mol. The minimum Gasteiger partial charge on any atom is -0.283 e. The van der Waals surface area contributed by atoms with Crippen LogP contribution in [0.4, 0.5) is 0 Å². The first-order valence-electron chi connectivity index (χ1n) is 5.95. The second-order valence-corrected chi connectivity index (χ2v) is 4.29. The van der Waals surface area contributed by atoms with Gasteiger partial charge in [0.25, 0.3) is 0 Å². The zero-order valence-corrected chi connectivity index (χ0v) is 9.58. The molecule has 17 heavy (non-hydrogen) atoms. The molecule has 2 nitrogen and oxygen atoms in total. The molecular formula is C15H14N2. The van der Waals surface area contributed by atoms with Crippen LogP contribution in [0.3, 0.4) is 0 Å². The third-order valence-electron chi connectivity index (χ3n) is 3.18. The van der Waals surface area contributed by atoms with Crippen LogP contribution in [0.25, 0.3) is 0 Å². The molecule has 0 N–H and O–H groups in total. The molecule has 1 atom stereocenters. The number of aromatic nitrogens is 1. The molecule has 0 aliphatic heterocycles. The van der Waals surface area contributed by atoms with E-state index >= 15 is 0 Å². The van der Waals surface area contributed by atoms with E-state index in [1.807, 2.05) is 24.4 Å². The topological polar surface area (TPSA) is 25.2 Å². The highest BCUT2D eigenvalue weighted by Crippen LogP contribution is 2.33. The van der Waals surface area contributed by atoms with E-state index < -0.39 is 0 Å². The molecule has 0 saturated carbocycles. The third kappa shape index (κ3) is 2.11. The van der Waals surface area contributed by atoms with Crippen molar-refractivity contribution in [2.24, 2.45) is 4.99 Å². The molecule has 3 rings (SSSR count). The first-order chi connectivity index (χ1) is 8.43. The highest BCUT2D eigenvalue weighted by atomic mass is 14.8. The van der Waals surface area contributed by atoms with Gasteiger partial charge < -0.3 is 0 Å². The van der Waals surface area contributed by atoms with Gasteiger partial charge in [-0.3, -0.25) is 9.98 Å². The maximum atomic E-state index is 4.65. The first kappa shape index (κ1) is 10.2. The van der Waals surface area contributed by atoms with Gasteiger partial charge in [0.05, 0.1) is 11.7 Å². The summed E-state index contributed by atoms with van der Waals surface area (Å²) in [5.41, 5.74) is 3.74. The summed E-state index contributed by atoms with van der Waals surface area (Å²) in [5.74, 6) is 0. The van der Waals surface area contributed by atoms with Crippen LogP contribution in [0.1, 0.15) is 29.3 Å². The van der Waals surface area contributed by atoms with Crippen molar-refractivity contribution in [1.29, 1.82) is 0 Å². The molecule has 1 heterocycles. The van der Waals surface area contributed by atoms with Crippen molar-refractivity contribution in [2.45, 2.75) is 18.9 Å². The van der Waals surface area contributed by atoms with E-state index in [1.54, 1.807) is 6.20 Å². The summed E-state index contributed by atoms with van der Waals surface area (Å²) < 4.78 is 0. The van der Waals surface area contributed by atoms with Gasteiger partial charge in [-0.25, -0.2) is 0 Å². The first-order valence-corrected chi connectivity index (χ1v) is 5.95. The number of aryl methyl sites for hydroxylation is 1.